The summed E-state index contributed by atoms with van der Waals surface area (Å²) in [6.07, 6.45) is 4.73. The zero-order chi connectivity index (χ0) is 12.0. The molecule has 1 atom stereocenters. The predicted octanol–water partition coefficient (Wildman–Crippen LogP) is 1.62. The molecule has 0 fully saturated rings. The average Bonchev–Trinajstić information content (AvgIpc) is 2.69. The van der Waals surface area contributed by atoms with E-state index >= 15 is 0 Å². The number of rotatable bonds is 7. The summed E-state index contributed by atoms with van der Waals surface area (Å²) in [6, 6.07) is 0.113. The first-order chi connectivity index (χ1) is 7.53. The summed E-state index contributed by atoms with van der Waals surface area (Å²) in [4.78, 5) is 5.13. The molecule has 1 heterocycles. The van der Waals surface area contributed by atoms with E-state index in [-0.39, 0.29) is 11.8 Å². The molecule has 0 saturated heterocycles. The van der Waals surface area contributed by atoms with E-state index in [9.17, 15) is 8.42 Å². The molecular formula is C10H18N2O2S2. The maximum atomic E-state index is 11.1. The molecule has 0 radical (unpaired) electrons. The van der Waals surface area contributed by atoms with Crippen LogP contribution in [-0.2, 0) is 9.84 Å². The van der Waals surface area contributed by atoms with Gasteiger partial charge in [-0.2, -0.15) is 0 Å². The molecule has 1 N–H and O–H groups in total. The van der Waals surface area contributed by atoms with E-state index < -0.39 is 9.84 Å². The molecule has 0 saturated carbocycles. The molecule has 0 amide bonds. The fraction of sp³-hybridized carbons (Fsp3) is 0.700. The first-order valence-corrected chi connectivity index (χ1v) is 8.26. The summed E-state index contributed by atoms with van der Waals surface area (Å²) in [7, 11) is -2.89. The van der Waals surface area contributed by atoms with E-state index in [1.54, 1.807) is 23.0 Å². The third-order valence-corrected chi connectivity index (χ3v) is 4.08. The lowest BCUT2D eigenvalue weighted by atomic mass is 10.2. The van der Waals surface area contributed by atoms with Gasteiger partial charge in [0.1, 0.15) is 9.84 Å². The van der Waals surface area contributed by atoms with Crippen LogP contribution in [0.3, 0.4) is 0 Å². The van der Waals surface area contributed by atoms with Gasteiger partial charge >= 0.3 is 0 Å². The molecule has 1 aromatic rings. The molecule has 0 aromatic carbocycles. The molecule has 1 unspecified atom stereocenters. The Morgan fingerprint density at radius 3 is 2.81 bits per heavy atom. The van der Waals surface area contributed by atoms with Crippen LogP contribution in [0.25, 0.3) is 0 Å². The lowest BCUT2D eigenvalue weighted by molar-refractivity contribution is 0.519. The van der Waals surface area contributed by atoms with Crippen LogP contribution in [0.4, 0.5) is 0 Å². The van der Waals surface area contributed by atoms with Gasteiger partial charge in [-0.3, -0.25) is 4.98 Å². The molecule has 1 rings (SSSR count). The van der Waals surface area contributed by atoms with Gasteiger partial charge in [-0.1, -0.05) is 6.92 Å². The Morgan fingerprint density at radius 1 is 1.56 bits per heavy atom. The molecule has 92 valence electrons. The smallest absolute Gasteiger partial charge is 0.147 e. The zero-order valence-corrected chi connectivity index (χ0v) is 11.3. The molecule has 0 spiro atoms. The van der Waals surface area contributed by atoms with Gasteiger partial charge in [0.05, 0.1) is 11.3 Å². The molecule has 0 aliphatic heterocycles. The standard InChI is InChI=1S/C10H18N2O2S2/c1-3-5-12-9(4-6-16(2,13)14)10-7-11-8-15-10/h7-9,12H,3-6H2,1-2H3. The number of thiazole rings is 1. The first kappa shape index (κ1) is 13.6. The Labute approximate surface area is 101 Å². The van der Waals surface area contributed by atoms with E-state index in [1.807, 2.05) is 0 Å². The molecule has 1 aromatic heterocycles. The van der Waals surface area contributed by atoms with Crippen molar-refractivity contribution < 1.29 is 8.42 Å². The summed E-state index contributed by atoms with van der Waals surface area (Å²) >= 11 is 1.56. The zero-order valence-electron chi connectivity index (χ0n) is 9.64. The summed E-state index contributed by atoms with van der Waals surface area (Å²) in [6.45, 7) is 2.99. The minimum absolute atomic E-state index is 0.113. The van der Waals surface area contributed by atoms with Crippen LogP contribution < -0.4 is 5.32 Å². The predicted molar refractivity (Wildman–Crippen MR) is 67.5 cm³/mol. The average molecular weight is 262 g/mol. The first-order valence-electron chi connectivity index (χ1n) is 5.32. The Morgan fingerprint density at radius 2 is 2.31 bits per heavy atom. The van der Waals surface area contributed by atoms with Crippen molar-refractivity contribution in [2.24, 2.45) is 0 Å². The van der Waals surface area contributed by atoms with Crippen molar-refractivity contribution in [1.82, 2.24) is 10.3 Å². The van der Waals surface area contributed by atoms with Gasteiger partial charge in [-0.05, 0) is 19.4 Å². The maximum Gasteiger partial charge on any atom is 0.147 e. The van der Waals surface area contributed by atoms with Gasteiger partial charge in [-0.25, -0.2) is 8.42 Å². The number of nitrogens with one attached hydrogen (secondary N) is 1. The van der Waals surface area contributed by atoms with Gasteiger partial charge in [0.25, 0.3) is 0 Å². The summed E-state index contributed by atoms with van der Waals surface area (Å²) < 4.78 is 22.3. The van der Waals surface area contributed by atoms with Crippen LogP contribution in [0.15, 0.2) is 11.7 Å². The van der Waals surface area contributed by atoms with Crippen molar-refractivity contribution in [3.05, 3.63) is 16.6 Å². The van der Waals surface area contributed by atoms with Gasteiger partial charge in [0.15, 0.2) is 0 Å². The Balaban J connectivity index is 2.58. The van der Waals surface area contributed by atoms with Gasteiger partial charge in [-0.15, -0.1) is 11.3 Å². The van der Waals surface area contributed by atoms with Crippen molar-refractivity contribution in [3.63, 3.8) is 0 Å². The SMILES string of the molecule is CCCNC(CCS(C)(=O)=O)c1cncs1. The lowest BCUT2D eigenvalue weighted by Crippen LogP contribution is -2.23. The van der Waals surface area contributed by atoms with Crippen LogP contribution in [0.5, 0.6) is 0 Å². The molecular weight excluding hydrogens is 244 g/mol. The second-order valence-electron chi connectivity index (χ2n) is 3.83. The van der Waals surface area contributed by atoms with Gasteiger partial charge in [0.2, 0.25) is 0 Å². The second kappa shape index (κ2) is 6.32. The number of nitrogens with zero attached hydrogens (tertiary/aromatic N) is 1. The molecule has 6 heteroatoms. The third kappa shape index (κ3) is 5.05. The monoisotopic (exact) mass is 262 g/mol. The van der Waals surface area contributed by atoms with E-state index in [4.69, 9.17) is 0 Å². The minimum atomic E-state index is -2.89. The second-order valence-corrected chi connectivity index (χ2v) is 7.01. The quantitative estimate of drug-likeness (QED) is 0.811. The lowest BCUT2D eigenvalue weighted by Gasteiger charge is -2.15. The van der Waals surface area contributed by atoms with Crippen LogP contribution in [0.1, 0.15) is 30.7 Å². The summed E-state index contributed by atoms with van der Waals surface area (Å²) in [5.41, 5.74) is 1.77. The van der Waals surface area contributed by atoms with Crippen LogP contribution >= 0.6 is 11.3 Å². The number of hydrogen-bond acceptors (Lipinski definition) is 5. The van der Waals surface area contributed by atoms with Gasteiger partial charge < -0.3 is 5.32 Å². The molecule has 4 nitrogen and oxygen atoms in total. The van der Waals surface area contributed by atoms with Crippen LogP contribution in [0, 0.1) is 0 Å². The fourth-order valence-electron chi connectivity index (χ4n) is 1.39. The van der Waals surface area contributed by atoms with E-state index in [0.717, 1.165) is 17.8 Å². The van der Waals surface area contributed by atoms with Crippen molar-refractivity contribution in [3.8, 4) is 0 Å². The van der Waals surface area contributed by atoms with Crippen molar-refractivity contribution >= 4 is 21.2 Å². The van der Waals surface area contributed by atoms with Crippen molar-refractivity contribution in [1.29, 1.82) is 0 Å². The topological polar surface area (TPSA) is 59.1 Å². The Kier molecular flexibility index (Phi) is 5.37. The third-order valence-electron chi connectivity index (χ3n) is 2.21. The number of sulfone groups is 1. The normalized spacial score (nSPS) is 13.9. The molecule has 0 aliphatic rings. The number of hydrogen-bond donors (Lipinski definition) is 1. The van der Waals surface area contributed by atoms with Crippen molar-refractivity contribution in [2.75, 3.05) is 18.6 Å². The summed E-state index contributed by atoms with van der Waals surface area (Å²) in [5.74, 6) is 0.215. The van der Waals surface area contributed by atoms with Crippen molar-refractivity contribution in [2.45, 2.75) is 25.8 Å². The Bertz CT molecular complexity index is 387. The highest BCUT2D eigenvalue weighted by molar-refractivity contribution is 7.90. The summed E-state index contributed by atoms with van der Waals surface area (Å²) in [5, 5.41) is 3.35. The highest BCUT2D eigenvalue weighted by atomic mass is 32.2. The van der Waals surface area contributed by atoms with E-state index in [2.05, 4.69) is 17.2 Å². The van der Waals surface area contributed by atoms with Gasteiger partial charge in [0, 0.05) is 23.4 Å². The maximum absolute atomic E-state index is 11.1. The van der Waals surface area contributed by atoms with Crippen LogP contribution in [0.2, 0.25) is 0 Å². The molecule has 16 heavy (non-hydrogen) atoms. The van der Waals surface area contributed by atoms with E-state index in [1.165, 1.54) is 6.26 Å². The van der Waals surface area contributed by atoms with Crippen LogP contribution in [-0.4, -0.2) is 32.0 Å². The highest BCUT2D eigenvalue weighted by Gasteiger charge is 2.14. The highest BCUT2D eigenvalue weighted by Crippen LogP contribution is 2.20. The molecule has 0 aliphatic carbocycles. The molecule has 0 bridgehead atoms. The minimum Gasteiger partial charge on any atom is -0.309 e. The fourth-order valence-corrected chi connectivity index (χ4v) is 2.79. The number of aromatic nitrogens is 1. The largest absolute Gasteiger partial charge is 0.309 e. The Hall–Kier alpha value is -0.460. The van der Waals surface area contributed by atoms with E-state index in [0.29, 0.717) is 6.42 Å².